The number of thioether (sulfide) groups is 1. The lowest BCUT2D eigenvalue weighted by atomic mass is 9.99. The molecule has 82 valence electrons. The number of hydrogen-bond donors (Lipinski definition) is 0. The summed E-state index contributed by atoms with van der Waals surface area (Å²) in [6.07, 6.45) is 4.36. The zero-order chi connectivity index (χ0) is 10.7. The van der Waals surface area contributed by atoms with Gasteiger partial charge in [0.1, 0.15) is 5.78 Å². The SMILES string of the molecule is Cn1nccc1CCC(=O)C1CCSC1. The Morgan fingerprint density at radius 1 is 1.73 bits per heavy atom. The Labute approximate surface area is 94.2 Å². The van der Waals surface area contributed by atoms with Crippen molar-refractivity contribution in [3.05, 3.63) is 18.0 Å². The predicted octanol–water partition coefficient (Wildman–Crippen LogP) is 1.67. The first-order valence-corrected chi connectivity index (χ1v) is 6.50. The molecule has 1 aliphatic rings. The molecule has 1 unspecified atom stereocenters. The van der Waals surface area contributed by atoms with Crippen LogP contribution in [0, 0.1) is 5.92 Å². The number of carbonyl (C=O) groups excluding carboxylic acids is 1. The van der Waals surface area contributed by atoms with Gasteiger partial charge in [0.2, 0.25) is 0 Å². The van der Waals surface area contributed by atoms with Crippen molar-refractivity contribution >= 4 is 17.5 Å². The van der Waals surface area contributed by atoms with E-state index in [9.17, 15) is 4.79 Å². The fourth-order valence-electron chi connectivity index (χ4n) is 1.89. The molecule has 0 amide bonds. The molecule has 0 saturated carbocycles. The van der Waals surface area contributed by atoms with Crippen molar-refractivity contribution in [2.75, 3.05) is 11.5 Å². The normalized spacial score (nSPS) is 20.7. The number of aryl methyl sites for hydroxylation is 2. The summed E-state index contributed by atoms with van der Waals surface area (Å²) in [5.41, 5.74) is 1.15. The second-order valence-corrected chi connectivity index (χ2v) is 5.12. The lowest BCUT2D eigenvalue weighted by Crippen LogP contribution is -2.14. The van der Waals surface area contributed by atoms with E-state index in [1.165, 1.54) is 0 Å². The molecular formula is C11H16N2OS. The van der Waals surface area contributed by atoms with E-state index in [-0.39, 0.29) is 0 Å². The molecule has 4 heteroatoms. The third kappa shape index (κ3) is 2.62. The molecule has 0 aliphatic carbocycles. The van der Waals surface area contributed by atoms with Gasteiger partial charge in [0.25, 0.3) is 0 Å². The van der Waals surface area contributed by atoms with Crippen LogP contribution >= 0.6 is 11.8 Å². The van der Waals surface area contributed by atoms with Gasteiger partial charge in [-0.3, -0.25) is 9.48 Å². The molecule has 1 fully saturated rings. The number of ketones is 1. The zero-order valence-electron chi connectivity index (χ0n) is 8.98. The van der Waals surface area contributed by atoms with Gasteiger partial charge in [-0.25, -0.2) is 0 Å². The van der Waals surface area contributed by atoms with E-state index in [1.807, 2.05) is 29.6 Å². The van der Waals surface area contributed by atoms with Crippen LogP contribution in [0.5, 0.6) is 0 Å². The molecule has 2 heterocycles. The summed E-state index contributed by atoms with van der Waals surface area (Å²) in [5, 5.41) is 4.09. The molecule has 1 atom stereocenters. The Morgan fingerprint density at radius 3 is 3.20 bits per heavy atom. The number of Topliss-reactive ketones (excluding diaryl/α,β-unsaturated/α-hetero) is 1. The second kappa shape index (κ2) is 4.84. The van der Waals surface area contributed by atoms with E-state index in [0.29, 0.717) is 18.1 Å². The number of hydrogen-bond acceptors (Lipinski definition) is 3. The van der Waals surface area contributed by atoms with Crippen LogP contribution in [0.3, 0.4) is 0 Å². The highest BCUT2D eigenvalue weighted by atomic mass is 32.2. The van der Waals surface area contributed by atoms with Crippen LogP contribution in [0.2, 0.25) is 0 Å². The van der Waals surface area contributed by atoms with Gasteiger partial charge < -0.3 is 0 Å². The Kier molecular flexibility index (Phi) is 3.46. The largest absolute Gasteiger partial charge is 0.299 e. The van der Waals surface area contributed by atoms with Crippen molar-refractivity contribution in [3.63, 3.8) is 0 Å². The maximum atomic E-state index is 11.8. The highest BCUT2D eigenvalue weighted by Crippen LogP contribution is 2.25. The number of rotatable bonds is 4. The smallest absolute Gasteiger partial charge is 0.137 e. The van der Waals surface area contributed by atoms with E-state index in [1.54, 1.807) is 6.20 Å². The topological polar surface area (TPSA) is 34.9 Å². The molecular weight excluding hydrogens is 208 g/mol. The molecule has 2 rings (SSSR count). The number of aromatic nitrogens is 2. The van der Waals surface area contributed by atoms with Crippen LogP contribution < -0.4 is 0 Å². The van der Waals surface area contributed by atoms with Crippen LogP contribution in [-0.4, -0.2) is 27.1 Å². The summed E-state index contributed by atoms with van der Waals surface area (Å²) in [5.74, 6) is 2.94. The number of nitrogens with zero attached hydrogens (tertiary/aromatic N) is 2. The maximum Gasteiger partial charge on any atom is 0.137 e. The first-order valence-electron chi connectivity index (χ1n) is 5.34. The molecule has 1 saturated heterocycles. The lowest BCUT2D eigenvalue weighted by Gasteiger charge is -2.06. The molecule has 1 aliphatic heterocycles. The first-order chi connectivity index (χ1) is 7.27. The number of carbonyl (C=O) groups is 1. The van der Waals surface area contributed by atoms with E-state index >= 15 is 0 Å². The molecule has 0 radical (unpaired) electrons. The van der Waals surface area contributed by atoms with Crippen LogP contribution in [0.4, 0.5) is 0 Å². The average molecular weight is 224 g/mol. The van der Waals surface area contributed by atoms with Gasteiger partial charge in [-0.1, -0.05) is 0 Å². The molecule has 1 aromatic heterocycles. The fraction of sp³-hybridized carbons (Fsp3) is 0.636. The van der Waals surface area contributed by atoms with Gasteiger partial charge in [-0.05, 0) is 24.7 Å². The van der Waals surface area contributed by atoms with Gasteiger partial charge in [0, 0.05) is 37.0 Å². The molecule has 0 aromatic carbocycles. The molecule has 3 nitrogen and oxygen atoms in total. The zero-order valence-corrected chi connectivity index (χ0v) is 9.80. The van der Waals surface area contributed by atoms with Gasteiger partial charge in [-0.15, -0.1) is 0 Å². The third-order valence-electron chi connectivity index (χ3n) is 2.94. The monoisotopic (exact) mass is 224 g/mol. The van der Waals surface area contributed by atoms with Crippen molar-refractivity contribution < 1.29 is 4.79 Å². The Bertz CT molecular complexity index is 342. The van der Waals surface area contributed by atoms with Gasteiger partial charge in [0.15, 0.2) is 0 Å². The molecule has 0 N–H and O–H groups in total. The van der Waals surface area contributed by atoms with Gasteiger partial charge >= 0.3 is 0 Å². The van der Waals surface area contributed by atoms with Crippen LogP contribution in [-0.2, 0) is 18.3 Å². The van der Waals surface area contributed by atoms with Crippen molar-refractivity contribution in [1.29, 1.82) is 0 Å². The predicted molar refractivity (Wildman–Crippen MR) is 62.0 cm³/mol. The fourth-order valence-corrected chi connectivity index (χ4v) is 3.15. The van der Waals surface area contributed by atoms with Crippen LogP contribution in [0.25, 0.3) is 0 Å². The van der Waals surface area contributed by atoms with E-state index in [4.69, 9.17) is 0 Å². The van der Waals surface area contributed by atoms with Crippen molar-refractivity contribution in [2.45, 2.75) is 19.3 Å². The van der Waals surface area contributed by atoms with E-state index in [2.05, 4.69) is 5.10 Å². The molecule has 0 bridgehead atoms. The highest BCUT2D eigenvalue weighted by Gasteiger charge is 2.22. The van der Waals surface area contributed by atoms with Gasteiger partial charge in [-0.2, -0.15) is 16.9 Å². The molecule has 15 heavy (non-hydrogen) atoms. The maximum absolute atomic E-state index is 11.8. The summed E-state index contributed by atoms with van der Waals surface area (Å²) < 4.78 is 1.84. The Hall–Kier alpha value is -0.770. The van der Waals surface area contributed by atoms with Crippen LogP contribution in [0.15, 0.2) is 12.3 Å². The summed E-state index contributed by atoms with van der Waals surface area (Å²) in [6.45, 7) is 0. The molecule has 0 spiro atoms. The average Bonchev–Trinajstić information content (AvgIpc) is 2.85. The minimum absolute atomic E-state index is 0.322. The molecule has 1 aromatic rings. The first kappa shape index (κ1) is 10.7. The van der Waals surface area contributed by atoms with Crippen molar-refractivity contribution in [2.24, 2.45) is 13.0 Å². The van der Waals surface area contributed by atoms with Crippen LogP contribution in [0.1, 0.15) is 18.5 Å². The van der Waals surface area contributed by atoms with Crippen molar-refractivity contribution in [3.8, 4) is 0 Å². The Balaban J connectivity index is 1.83. The summed E-state index contributed by atoms with van der Waals surface area (Å²) in [7, 11) is 1.92. The third-order valence-corrected chi connectivity index (χ3v) is 4.10. The second-order valence-electron chi connectivity index (χ2n) is 3.97. The standard InChI is InChI=1S/C11H16N2OS/c1-13-10(4-6-12-13)2-3-11(14)9-5-7-15-8-9/h4,6,9H,2-3,5,7-8H2,1H3. The van der Waals surface area contributed by atoms with Crippen molar-refractivity contribution in [1.82, 2.24) is 9.78 Å². The van der Waals surface area contributed by atoms with E-state index in [0.717, 1.165) is 30.0 Å². The minimum Gasteiger partial charge on any atom is -0.299 e. The van der Waals surface area contributed by atoms with E-state index < -0.39 is 0 Å². The summed E-state index contributed by atoms with van der Waals surface area (Å²) >= 11 is 1.90. The minimum atomic E-state index is 0.322. The summed E-state index contributed by atoms with van der Waals surface area (Å²) in [6, 6.07) is 1.98. The lowest BCUT2D eigenvalue weighted by molar-refractivity contribution is -0.122. The van der Waals surface area contributed by atoms with Gasteiger partial charge in [0.05, 0.1) is 0 Å². The summed E-state index contributed by atoms with van der Waals surface area (Å²) in [4.78, 5) is 11.8. The Morgan fingerprint density at radius 2 is 2.60 bits per heavy atom. The highest BCUT2D eigenvalue weighted by molar-refractivity contribution is 7.99. The quantitative estimate of drug-likeness (QED) is 0.780.